The van der Waals surface area contributed by atoms with Crippen molar-refractivity contribution < 1.29 is 12.8 Å². The molecule has 0 unspecified atom stereocenters. The Labute approximate surface area is 113 Å². The number of benzene rings is 1. The van der Waals surface area contributed by atoms with E-state index in [-0.39, 0.29) is 25.8 Å². The van der Waals surface area contributed by atoms with Crippen LogP contribution in [-0.2, 0) is 9.84 Å². The smallest absolute Gasteiger partial charge is 0.239 e. The van der Waals surface area contributed by atoms with Crippen LogP contribution in [0, 0.1) is 11.3 Å². The summed E-state index contributed by atoms with van der Waals surface area (Å²) in [5.74, 6) is -0.0753. The monoisotopic (exact) mass is 301 g/mol. The molecule has 0 saturated heterocycles. The Balaban J connectivity index is 2.55. The fourth-order valence-corrected chi connectivity index (χ4v) is 2.85. The molecule has 0 aliphatic carbocycles. The van der Waals surface area contributed by atoms with Gasteiger partial charge in [0.2, 0.25) is 20.7 Å². The molecule has 1 heterocycles. The van der Waals surface area contributed by atoms with Gasteiger partial charge in [-0.3, -0.25) is 0 Å². The molecule has 7 heteroatoms. The Hall–Kier alpha value is -1.48. The minimum atomic E-state index is -3.83. The van der Waals surface area contributed by atoms with Gasteiger partial charge < -0.3 is 4.42 Å². The maximum Gasteiger partial charge on any atom is 0.239 e. The molecule has 4 nitrogen and oxygen atoms in total. The summed E-state index contributed by atoms with van der Waals surface area (Å²) in [4.78, 5) is -0.0456. The summed E-state index contributed by atoms with van der Waals surface area (Å²) < 4.78 is 29.1. The van der Waals surface area contributed by atoms with Crippen LogP contribution in [0.1, 0.15) is 5.76 Å². The first kappa shape index (κ1) is 13.0. The molecule has 0 saturated carbocycles. The lowest BCUT2D eigenvalue weighted by molar-refractivity contribution is 0.441. The molecule has 1 aromatic heterocycles. The van der Waals surface area contributed by atoms with Crippen LogP contribution in [0.25, 0.3) is 0 Å². The number of nitriles is 1. The molecular formula is C11H5Cl2NO3S. The van der Waals surface area contributed by atoms with Crippen LogP contribution in [0.3, 0.4) is 0 Å². The normalized spacial score (nSPS) is 11.2. The molecule has 1 aromatic carbocycles. The zero-order chi connectivity index (χ0) is 13.3. The number of hydrogen-bond acceptors (Lipinski definition) is 4. The number of hydrogen-bond donors (Lipinski definition) is 0. The molecule has 0 atom stereocenters. The average molecular weight is 302 g/mol. The van der Waals surface area contributed by atoms with Crippen LogP contribution in [0.5, 0.6) is 0 Å². The number of halogens is 2. The third kappa shape index (κ3) is 2.23. The van der Waals surface area contributed by atoms with Gasteiger partial charge in [-0.05, 0) is 30.3 Å². The van der Waals surface area contributed by atoms with Gasteiger partial charge in [0, 0.05) is 0 Å². The molecule has 0 N–H and O–H groups in total. The summed E-state index contributed by atoms with van der Waals surface area (Å²) in [6.07, 6.45) is 0. The van der Waals surface area contributed by atoms with Crippen LogP contribution >= 0.6 is 23.2 Å². The second-order valence-electron chi connectivity index (χ2n) is 3.31. The number of nitrogens with zero attached hydrogens (tertiary/aromatic N) is 1. The zero-order valence-electron chi connectivity index (χ0n) is 8.72. The molecule has 0 aliphatic rings. The van der Waals surface area contributed by atoms with Crippen molar-refractivity contribution in [2.45, 2.75) is 9.99 Å². The van der Waals surface area contributed by atoms with E-state index in [1.807, 2.05) is 0 Å². The van der Waals surface area contributed by atoms with Crippen LogP contribution in [0.15, 0.2) is 44.7 Å². The summed E-state index contributed by atoms with van der Waals surface area (Å²) in [5.41, 5.74) is 0. The van der Waals surface area contributed by atoms with Crippen molar-refractivity contribution in [1.82, 2.24) is 0 Å². The zero-order valence-corrected chi connectivity index (χ0v) is 11.1. The van der Waals surface area contributed by atoms with Crippen molar-refractivity contribution in [2.75, 3.05) is 0 Å². The van der Waals surface area contributed by atoms with E-state index in [0.717, 1.165) is 0 Å². The minimum Gasteiger partial charge on any atom is -0.434 e. The van der Waals surface area contributed by atoms with E-state index >= 15 is 0 Å². The molecule has 0 radical (unpaired) electrons. The lowest BCUT2D eigenvalue weighted by Crippen LogP contribution is -2.00. The molecule has 92 valence electrons. The van der Waals surface area contributed by atoms with E-state index in [1.165, 1.54) is 30.3 Å². The first-order chi connectivity index (χ1) is 8.45. The summed E-state index contributed by atoms with van der Waals surface area (Å²) in [6.45, 7) is 0. The van der Waals surface area contributed by atoms with E-state index < -0.39 is 9.84 Å². The lowest BCUT2D eigenvalue weighted by atomic mass is 10.4. The lowest BCUT2D eigenvalue weighted by Gasteiger charge is -2.02. The summed E-state index contributed by atoms with van der Waals surface area (Å²) in [6, 6.07) is 8.14. The molecule has 0 spiro atoms. The second kappa shape index (κ2) is 4.65. The van der Waals surface area contributed by atoms with Gasteiger partial charge in [-0.25, -0.2) is 8.42 Å². The number of sulfone groups is 1. The molecule has 0 fully saturated rings. The van der Waals surface area contributed by atoms with Crippen molar-refractivity contribution in [3.05, 3.63) is 46.1 Å². The van der Waals surface area contributed by atoms with E-state index in [9.17, 15) is 8.42 Å². The molecule has 2 aromatic rings. The third-order valence-electron chi connectivity index (χ3n) is 2.16. The first-order valence-electron chi connectivity index (χ1n) is 4.65. The molecule has 2 rings (SSSR count). The van der Waals surface area contributed by atoms with Gasteiger partial charge in [0.1, 0.15) is 6.07 Å². The number of rotatable bonds is 2. The van der Waals surface area contributed by atoms with Crippen molar-refractivity contribution in [2.24, 2.45) is 0 Å². The standard InChI is InChI=1S/C11H5Cl2NO3S/c12-9-3-2-8(5-10(9)13)18(15,16)11-4-1-7(6-14)17-11/h1-5H. The largest absolute Gasteiger partial charge is 0.434 e. The van der Waals surface area contributed by atoms with Crippen molar-refractivity contribution >= 4 is 33.0 Å². The van der Waals surface area contributed by atoms with Gasteiger partial charge in [-0.15, -0.1) is 0 Å². The minimum absolute atomic E-state index is 0.0456. The van der Waals surface area contributed by atoms with Gasteiger partial charge in [-0.1, -0.05) is 23.2 Å². The SMILES string of the molecule is N#Cc1ccc(S(=O)(=O)c2ccc(Cl)c(Cl)c2)o1. The quantitative estimate of drug-likeness (QED) is 0.853. The fourth-order valence-electron chi connectivity index (χ4n) is 1.28. The van der Waals surface area contributed by atoms with Gasteiger partial charge in [0.05, 0.1) is 14.9 Å². The number of furan rings is 1. The van der Waals surface area contributed by atoms with Crippen LogP contribution in [-0.4, -0.2) is 8.42 Å². The average Bonchev–Trinajstić information content (AvgIpc) is 2.81. The van der Waals surface area contributed by atoms with Crippen molar-refractivity contribution in [1.29, 1.82) is 5.26 Å². The van der Waals surface area contributed by atoms with Crippen molar-refractivity contribution in [3.63, 3.8) is 0 Å². The molecule has 18 heavy (non-hydrogen) atoms. The highest BCUT2D eigenvalue weighted by Crippen LogP contribution is 2.28. The third-order valence-corrected chi connectivity index (χ3v) is 4.52. The summed E-state index contributed by atoms with van der Waals surface area (Å²) in [7, 11) is -3.83. The van der Waals surface area contributed by atoms with E-state index in [0.29, 0.717) is 0 Å². The van der Waals surface area contributed by atoms with Crippen molar-refractivity contribution in [3.8, 4) is 6.07 Å². The highest BCUT2D eigenvalue weighted by Gasteiger charge is 2.22. The Kier molecular flexibility index (Phi) is 3.35. The van der Waals surface area contributed by atoms with E-state index in [2.05, 4.69) is 0 Å². The topological polar surface area (TPSA) is 71.1 Å². The highest BCUT2D eigenvalue weighted by atomic mass is 35.5. The maximum absolute atomic E-state index is 12.1. The molecule has 0 amide bonds. The maximum atomic E-state index is 12.1. The Bertz CT molecular complexity index is 744. The van der Waals surface area contributed by atoms with E-state index in [4.69, 9.17) is 32.9 Å². The fraction of sp³-hybridized carbons (Fsp3) is 0. The predicted molar refractivity (Wildman–Crippen MR) is 65.3 cm³/mol. The van der Waals surface area contributed by atoms with E-state index in [1.54, 1.807) is 6.07 Å². The van der Waals surface area contributed by atoms with Gasteiger partial charge in [0.15, 0.2) is 0 Å². The Morgan fingerprint density at radius 2 is 1.83 bits per heavy atom. The molecule has 0 aliphatic heterocycles. The van der Waals surface area contributed by atoms with Gasteiger partial charge in [-0.2, -0.15) is 5.26 Å². The highest BCUT2D eigenvalue weighted by molar-refractivity contribution is 7.91. The Morgan fingerprint density at radius 3 is 2.39 bits per heavy atom. The van der Waals surface area contributed by atoms with Crippen LogP contribution < -0.4 is 0 Å². The molecular weight excluding hydrogens is 297 g/mol. The predicted octanol–water partition coefficient (Wildman–Crippen LogP) is 3.29. The summed E-state index contributed by atoms with van der Waals surface area (Å²) >= 11 is 11.5. The van der Waals surface area contributed by atoms with Gasteiger partial charge >= 0.3 is 0 Å². The van der Waals surface area contributed by atoms with Crippen LogP contribution in [0.2, 0.25) is 10.0 Å². The second-order valence-corrected chi connectivity index (χ2v) is 6.00. The summed E-state index contributed by atoms with van der Waals surface area (Å²) in [5, 5.41) is 8.67. The Morgan fingerprint density at radius 1 is 1.11 bits per heavy atom. The molecule has 0 bridgehead atoms. The van der Waals surface area contributed by atoms with Crippen LogP contribution in [0.4, 0.5) is 0 Å². The first-order valence-corrected chi connectivity index (χ1v) is 6.89. The van der Waals surface area contributed by atoms with Gasteiger partial charge in [0.25, 0.3) is 0 Å².